The molecule has 2 rings (SSSR count). The molecule has 0 unspecified atom stereocenters. The van der Waals surface area contributed by atoms with Crippen LogP contribution in [0.15, 0.2) is 41.2 Å². The Kier molecular flexibility index (Phi) is 4.04. The molecule has 4 N–H and O–H groups in total. The highest BCUT2D eigenvalue weighted by Crippen LogP contribution is 2.11. The van der Waals surface area contributed by atoms with E-state index in [-0.39, 0.29) is 11.5 Å². The molecule has 19 heavy (non-hydrogen) atoms. The van der Waals surface area contributed by atoms with Crippen molar-refractivity contribution < 1.29 is 4.79 Å². The van der Waals surface area contributed by atoms with Gasteiger partial charge in [0, 0.05) is 11.6 Å². The van der Waals surface area contributed by atoms with Crippen LogP contribution >= 0.6 is 0 Å². The molecule has 6 heteroatoms. The van der Waals surface area contributed by atoms with Gasteiger partial charge in [-0.05, 0) is 30.7 Å². The number of benzene rings is 1. The maximum Gasteiger partial charge on any atom is 0.264 e. The first-order valence-electron chi connectivity index (χ1n) is 5.86. The molecule has 0 atom stereocenters. The Morgan fingerprint density at radius 3 is 2.74 bits per heavy atom. The Bertz CT molecular complexity index is 616. The molecule has 98 valence electrons. The number of amides is 1. The molecule has 6 nitrogen and oxygen atoms in total. The first-order valence-corrected chi connectivity index (χ1v) is 5.86. The third-order valence-corrected chi connectivity index (χ3v) is 2.60. The Labute approximate surface area is 109 Å². The van der Waals surface area contributed by atoms with Crippen LogP contribution in [-0.4, -0.2) is 22.6 Å². The molecule has 1 heterocycles. The van der Waals surface area contributed by atoms with Gasteiger partial charge in [-0.15, -0.1) is 0 Å². The molecule has 0 radical (unpaired) electrons. The van der Waals surface area contributed by atoms with E-state index in [1.165, 1.54) is 12.1 Å². The summed E-state index contributed by atoms with van der Waals surface area (Å²) in [6, 6.07) is 9.99. The van der Waals surface area contributed by atoms with Gasteiger partial charge in [0.2, 0.25) is 0 Å². The molecule has 0 aliphatic heterocycles. The molecule has 0 spiro atoms. The van der Waals surface area contributed by atoms with Crippen LogP contribution in [0.25, 0.3) is 0 Å². The van der Waals surface area contributed by atoms with Crippen LogP contribution in [0.5, 0.6) is 0 Å². The summed E-state index contributed by atoms with van der Waals surface area (Å²) in [5.41, 5.74) is 6.63. The van der Waals surface area contributed by atoms with Crippen molar-refractivity contribution in [3.05, 3.63) is 57.9 Å². The van der Waals surface area contributed by atoms with Crippen molar-refractivity contribution in [3.8, 4) is 0 Å². The van der Waals surface area contributed by atoms with E-state index in [9.17, 15) is 9.59 Å². The van der Waals surface area contributed by atoms with Crippen molar-refractivity contribution in [2.45, 2.75) is 6.42 Å². The molecule has 0 fully saturated rings. The Morgan fingerprint density at radius 1 is 1.26 bits per heavy atom. The van der Waals surface area contributed by atoms with Crippen LogP contribution < -0.4 is 16.6 Å². The number of carbonyl (C=O) groups excluding carboxylic acids is 1. The van der Waals surface area contributed by atoms with Crippen molar-refractivity contribution in [2.24, 2.45) is 5.73 Å². The zero-order valence-corrected chi connectivity index (χ0v) is 10.2. The standard InChI is InChI=1S/C13H14N4O2/c14-8-7-9-3-1-2-4-10(9)13(19)15-11-5-6-12(18)17-16-11/h1-6H,7-8,14H2,(H,17,18)(H,15,16,19). The van der Waals surface area contributed by atoms with E-state index in [2.05, 4.69) is 15.5 Å². The van der Waals surface area contributed by atoms with Gasteiger partial charge in [-0.2, -0.15) is 5.10 Å². The second kappa shape index (κ2) is 5.92. The van der Waals surface area contributed by atoms with Gasteiger partial charge in [-0.25, -0.2) is 5.10 Å². The SMILES string of the molecule is NCCc1ccccc1C(=O)Nc1ccc(=O)[nH]n1. The maximum absolute atomic E-state index is 12.1. The Hall–Kier alpha value is -2.47. The summed E-state index contributed by atoms with van der Waals surface area (Å²) >= 11 is 0. The van der Waals surface area contributed by atoms with Crippen LogP contribution in [0.2, 0.25) is 0 Å². The number of aromatic amines is 1. The van der Waals surface area contributed by atoms with Gasteiger partial charge >= 0.3 is 0 Å². The van der Waals surface area contributed by atoms with Gasteiger partial charge in [0.05, 0.1) is 0 Å². The maximum atomic E-state index is 12.1. The van der Waals surface area contributed by atoms with Crippen LogP contribution in [0.3, 0.4) is 0 Å². The van der Waals surface area contributed by atoms with E-state index >= 15 is 0 Å². The predicted octanol–water partition coefficient (Wildman–Crippen LogP) is 0.523. The number of anilines is 1. The fourth-order valence-corrected chi connectivity index (χ4v) is 1.71. The predicted molar refractivity (Wildman–Crippen MR) is 72.0 cm³/mol. The lowest BCUT2D eigenvalue weighted by molar-refractivity contribution is 0.102. The van der Waals surface area contributed by atoms with Gasteiger partial charge in [0.1, 0.15) is 0 Å². The normalized spacial score (nSPS) is 10.2. The number of hydrogen-bond donors (Lipinski definition) is 3. The van der Waals surface area contributed by atoms with Crippen LogP contribution in [0.4, 0.5) is 5.82 Å². The topological polar surface area (TPSA) is 101 Å². The zero-order valence-electron chi connectivity index (χ0n) is 10.2. The quantitative estimate of drug-likeness (QED) is 0.744. The summed E-state index contributed by atoms with van der Waals surface area (Å²) in [4.78, 5) is 23.0. The number of nitrogens with one attached hydrogen (secondary N) is 2. The molecule has 0 aliphatic carbocycles. The van der Waals surface area contributed by atoms with Crippen molar-refractivity contribution in [3.63, 3.8) is 0 Å². The zero-order chi connectivity index (χ0) is 13.7. The largest absolute Gasteiger partial charge is 0.330 e. The second-order valence-corrected chi connectivity index (χ2v) is 3.96. The average Bonchev–Trinajstić information content (AvgIpc) is 2.42. The van der Waals surface area contributed by atoms with Crippen LogP contribution in [0.1, 0.15) is 15.9 Å². The van der Waals surface area contributed by atoms with Gasteiger partial charge in [-0.1, -0.05) is 18.2 Å². The number of aromatic nitrogens is 2. The van der Waals surface area contributed by atoms with Crippen molar-refractivity contribution in [1.82, 2.24) is 10.2 Å². The highest BCUT2D eigenvalue weighted by molar-refractivity contribution is 6.04. The number of nitrogens with zero attached hydrogens (tertiary/aromatic N) is 1. The molecule has 1 aromatic carbocycles. The summed E-state index contributed by atoms with van der Waals surface area (Å²) in [5.74, 6) is 0.0238. The van der Waals surface area contributed by atoms with E-state index in [1.807, 2.05) is 12.1 Å². The summed E-state index contributed by atoms with van der Waals surface area (Å²) in [6.45, 7) is 0.473. The first-order chi connectivity index (χ1) is 9.20. The number of rotatable bonds is 4. The van der Waals surface area contributed by atoms with E-state index in [0.717, 1.165) is 5.56 Å². The van der Waals surface area contributed by atoms with Crippen molar-refractivity contribution >= 4 is 11.7 Å². The van der Waals surface area contributed by atoms with Crippen molar-refractivity contribution in [1.29, 1.82) is 0 Å². The molecular weight excluding hydrogens is 244 g/mol. The Balaban J connectivity index is 2.20. The second-order valence-electron chi connectivity index (χ2n) is 3.96. The minimum absolute atomic E-state index is 0.274. The average molecular weight is 258 g/mol. The molecular formula is C13H14N4O2. The highest BCUT2D eigenvalue weighted by Gasteiger charge is 2.11. The van der Waals surface area contributed by atoms with Gasteiger partial charge < -0.3 is 11.1 Å². The fourth-order valence-electron chi connectivity index (χ4n) is 1.71. The van der Waals surface area contributed by atoms with Crippen LogP contribution in [-0.2, 0) is 6.42 Å². The summed E-state index contributed by atoms with van der Waals surface area (Å²) in [7, 11) is 0. The number of hydrogen-bond acceptors (Lipinski definition) is 4. The highest BCUT2D eigenvalue weighted by atomic mass is 16.2. The minimum atomic E-state index is -0.318. The molecule has 0 saturated carbocycles. The molecule has 1 aromatic heterocycles. The molecule has 2 aromatic rings. The Morgan fingerprint density at radius 2 is 2.05 bits per heavy atom. The monoisotopic (exact) mass is 258 g/mol. The lowest BCUT2D eigenvalue weighted by atomic mass is 10.0. The third kappa shape index (κ3) is 3.26. The van der Waals surface area contributed by atoms with Gasteiger partial charge in [0.25, 0.3) is 11.5 Å². The summed E-state index contributed by atoms with van der Waals surface area (Å²) in [6.07, 6.45) is 0.628. The smallest absolute Gasteiger partial charge is 0.264 e. The molecule has 0 bridgehead atoms. The third-order valence-electron chi connectivity index (χ3n) is 2.60. The lowest BCUT2D eigenvalue weighted by Crippen LogP contribution is -2.18. The van der Waals surface area contributed by atoms with E-state index in [1.54, 1.807) is 12.1 Å². The summed E-state index contributed by atoms with van der Waals surface area (Å²) in [5, 5.41) is 8.60. The fraction of sp³-hybridized carbons (Fsp3) is 0.154. The lowest BCUT2D eigenvalue weighted by Gasteiger charge is -2.08. The number of H-pyrrole nitrogens is 1. The van der Waals surface area contributed by atoms with E-state index < -0.39 is 0 Å². The summed E-state index contributed by atoms with van der Waals surface area (Å²) < 4.78 is 0. The first kappa shape index (κ1) is 13.0. The van der Waals surface area contributed by atoms with Crippen LogP contribution in [0, 0.1) is 0 Å². The van der Waals surface area contributed by atoms with E-state index in [4.69, 9.17) is 5.73 Å². The number of carbonyl (C=O) groups is 1. The minimum Gasteiger partial charge on any atom is -0.330 e. The number of nitrogens with two attached hydrogens (primary N) is 1. The van der Waals surface area contributed by atoms with Gasteiger partial charge in [-0.3, -0.25) is 9.59 Å². The molecule has 1 amide bonds. The molecule has 0 aliphatic rings. The van der Waals surface area contributed by atoms with Gasteiger partial charge in [0.15, 0.2) is 5.82 Å². The van der Waals surface area contributed by atoms with Crippen molar-refractivity contribution in [2.75, 3.05) is 11.9 Å². The van der Waals surface area contributed by atoms with E-state index in [0.29, 0.717) is 24.3 Å². The molecule has 0 saturated heterocycles.